The molecule has 7 heteroatoms. The molecule has 1 N–H and O–H groups in total. The van der Waals surface area contributed by atoms with Crippen LogP contribution >= 0.6 is 23.2 Å². The number of carbonyl (C=O) groups is 1. The monoisotopic (exact) mass is 362 g/mol. The Bertz CT molecular complexity index is 851. The number of nitrogens with one attached hydrogen (secondary N) is 1. The summed E-state index contributed by atoms with van der Waals surface area (Å²) >= 11 is 12.0. The van der Waals surface area contributed by atoms with Crippen molar-refractivity contribution in [2.45, 2.75) is 6.54 Å². The molecular formula is C17H12Cl2N2O3. The summed E-state index contributed by atoms with van der Waals surface area (Å²) < 4.78 is 10.7. The molecule has 0 atom stereocenters. The second-order valence-corrected chi connectivity index (χ2v) is 5.68. The standard InChI is InChI=1S/C17H12Cl2N2O3/c18-11-5-6-16(14(19)9-11)23-15-4-2-1-3-13(15)17(22)20-10-12-7-8-21-24-12/h1-9H,10H2,(H,20,22). The summed E-state index contributed by atoms with van der Waals surface area (Å²) in [6, 6.07) is 13.4. The van der Waals surface area contributed by atoms with Gasteiger partial charge >= 0.3 is 0 Å². The minimum absolute atomic E-state index is 0.231. The van der Waals surface area contributed by atoms with Crippen molar-refractivity contribution in [3.05, 3.63) is 76.1 Å². The number of hydrogen-bond acceptors (Lipinski definition) is 4. The van der Waals surface area contributed by atoms with Gasteiger partial charge in [0.15, 0.2) is 5.76 Å². The minimum Gasteiger partial charge on any atom is -0.455 e. The second-order valence-electron chi connectivity index (χ2n) is 4.83. The van der Waals surface area contributed by atoms with Crippen LogP contribution in [0.15, 0.2) is 59.3 Å². The molecule has 0 aliphatic heterocycles. The maximum Gasteiger partial charge on any atom is 0.255 e. The summed E-state index contributed by atoms with van der Waals surface area (Å²) in [5.41, 5.74) is 0.378. The van der Waals surface area contributed by atoms with Crippen molar-refractivity contribution in [1.29, 1.82) is 0 Å². The molecule has 0 aliphatic carbocycles. The predicted molar refractivity (Wildman–Crippen MR) is 90.7 cm³/mol. The summed E-state index contributed by atoms with van der Waals surface area (Å²) in [6.07, 6.45) is 1.51. The molecule has 2 aromatic carbocycles. The number of rotatable bonds is 5. The Kier molecular flexibility index (Phi) is 5.03. The van der Waals surface area contributed by atoms with Crippen LogP contribution in [0.1, 0.15) is 16.1 Å². The maximum absolute atomic E-state index is 12.4. The molecule has 24 heavy (non-hydrogen) atoms. The van der Waals surface area contributed by atoms with E-state index in [9.17, 15) is 4.79 Å². The van der Waals surface area contributed by atoms with Gasteiger partial charge in [-0.2, -0.15) is 0 Å². The highest BCUT2D eigenvalue weighted by Crippen LogP contribution is 2.33. The molecule has 0 saturated carbocycles. The minimum atomic E-state index is -0.299. The normalized spacial score (nSPS) is 10.4. The fourth-order valence-electron chi connectivity index (χ4n) is 2.02. The number of amides is 1. The first-order chi connectivity index (χ1) is 11.6. The number of hydrogen-bond donors (Lipinski definition) is 1. The molecule has 0 saturated heterocycles. The van der Waals surface area contributed by atoms with Gasteiger partial charge in [-0.3, -0.25) is 4.79 Å². The number of benzene rings is 2. The molecule has 0 fully saturated rings. The quantitative estimate of drug-likeness (QED) is 0.714. The largest absolute Gasteiger partial charge is 0.455 e. The Morgan fingerprint density at radius 3 is 2.71 bits per heavy atom. The van der Waals surface area contributed by atoms with Crippen LogP contribution in [0.5, 0.6) is 11.5 Å². The lowest BCUT2D eigenvalue weighted by molar-refractivity contribution is 0.0944. The van der Waals surface area contributed by atoms with Crippen LogP contribution in [-0.2, 0) is 6.54 Å². The zero-order chi connectivity index (χ0) is 16.9. The molecule has 0 unspecified atom stereocenters. The summed E-state index contributed by atoms with van der Waals surface area (Å²) in [7, 11) is 0. The van der Waals surface area contributed by atoms with E-state index in [4.69, 9.17) is 32.5 Å². The third-order valence-electron chi connectivity index (χ3n) is 3.16. The summed E-state index contributed by atoms with van der Waals surface area (Å²) in [6.45, 7) is 0.231. The summed E-state index contributed by atoms with van der Waals surface area (Å²) in [5.74, 6) is 1.06. The van der Waals surface area contributed by atoms with Gasteiger partial charge in [-0.05, 0) is 30.3 Å². The van der Waals surface area contributed by atoms with E-state index in [1.165, 1.54) is 6.20 Å². The van der Waals surface area contributed by atoms with Crippen LogP contribution in [0, 0.1) is 0 Å². The highest BCUT2D eigenvalue weighted by molar-refractivity contribution is 6.35. The number of nitrogens with zero attached hydrogens (tertiary/aromatic N) is 1. The molecule has 0 spiro atoms. The van der Waals surface area contributed by atoms with Crippen LogP contribution in [0.25, 0.3) is 0 Å². The molecule has 5 nitrogen and oxygen atoms in total. The Hall–Kier alpha value is -2.50. The average molecular weight is 363 g/mol. The molecular weight excluding hydrogens is 351 g/mol. The van der Waals surface area contributed by atoms with Gasteiger partial charge in [0.2, 0.25) is 0 Å². The fourth-order valence-corrected chi connectivity index (χ4v) is 2.46. The van der Waals surface area contributed by atoms with Crippen molar-refractivity contribution in [1.82, 2.24) is 10.5 Å². The van der Waals surface area contributed by atoms with Gasteiger partial charge in [0, 0.05) is 11.1 Å². The maximum atomic E-state index is 12.4. The Balaban J connectivity index is 1.78. The molecule has 0 radical (unpaired) electrons. The first kappa shape index (κ1) is 16.4. The fraction of sp³-hybridized carbons (Fsp3) is 0.0588. The van der Waals surface area contributed by atoms with E-state index in [2.05, 4.69) is 10.5 Å². The molecule has 1 amide bonds. The van der Waals surface area contributed by atoms with Crippen LogP contribution in [0.2, 0.25) is 10.0 Å². The van der Waals surface area contributed by atoms with Gasteiger partial charge < -0.3 is 14.6 Å². The average Bonchev–Trinajstić information content (AvgIpc) is 3.09. The van der Waals surface area contributed by atoms with E-state index < -0.39 is 0 Å². The van der Waals surface area contributed by atoms with Gasteiger partial charge in [0.25, 0.3) is 5.91 Å². The van der Waals surface area contributed by atoms with Crippen LogP contribution in [-0.4, -0.2) is 11.1 Å². The highest BCUT2D eigenvalue weighted by Gasteiger charge is 2.14. The zero-order valence-corrected chi connectivity index (χ0v) is 13.8. The van der Waals surface area contributed by atoms with Gasteiger partial charge in [0.1, 0.15) is 11.5 Å². The van der Waals surface area contributed by atoms with Crippen molar-refractivity contribution in [2.75, 3.05) is 0 Å². The van der Waals surface area contributed by atoms with Crippen molar-refractivity contribution >= 4 is 29.1 Å². The third-order valence-corrected chi connectivity index (χ3v) is 3.69. The van der Waals surface area contributed by atoms with E-state index in [0.29, 0.717) is 32.9 Å². The first-order valence-electron chi connectivity index (χ1n) is 7.03. The zero-order valence-electron chi connectivity index (χ0n) is 12.3. The number of halogens is 2. The van der Waals surface area contributed by atoms with Crippen LogP contribution < -0.4 is 10.1 Å². The van der Waals surface area contributed by atoms with Gasteiger partial charge in [-0.25, -0.2) is 0 Å². The molecule has 0 aliphatic rings. The van der Waals surface area contributed by atoms with Crippen LogP contribution in [0.3, 0.4) is 0 Å². The summed E-state index contributed by atoms with van der Waals surface area (Å²) in [5, 5.41) is 7.20. The van der Waals surface area contributed by atoms with Crippen molar-refractivity contribution in [3.63, 3.8) is 0 Å². The van der Waals surface area contributed by atoms with Crippen molar-refractivity contribution in [3.8, 4) is 11.5 Å². The lowest BCUT2D eigenvalue weighted by Gasteiger charge is -2.12. The number of aromatic nitrogens is 1. The molecule has 3 aromatic rings. The van der Waals surface area contributed by atoms with E-state index in [1.807, 2.05) is 0 Å². The molecule has 3 rings (SSSR count). The van der Waals surface area contributed by atoms with Crippen molar-refractivity contribution in [2.24, 2.45) is 0 Å². The third kappa shape index (κ3) is 3.88. The Morgan fingerprint density at radius 1 is 1.12 bits per heavy atom. The number of carbonyl (C=O) groups excluding carboxylic acids is 1. The van der Waals surface area contributed by atoms with Crippen molar-refractivity contribution < 1.29 is 14.1 Å². The molecule has 1 heterocycles. The van der Waals surface area contributed by atoms with Gasteiger partial charge in [-0.1, -0.05) is 40.5 Å². The summed E-state index contributed by atoms with van der Waals surface area (Å²) in [4.78, 5) is 12.4. The van der Waals surface area contributed by atoms with E-state index in [1.54, 1.807) is 48.5 Å². The molecule has 0 bridgehead atoms. The second kappa shape index (κ2) is 7.38. The van der Waals surface area contributed by atoms with E-state index in [-0.39, 0.29) is 12.5 Å². The molecule has 122 valence electrons. The Morgan fingerprint density at radius 2 is 1.96 bits per heavy atom. The smallest absolute Gasteiger partial charge is 0.255 e. The number of para-hydroxylation sites is 1. The lowest BCUT2D eigenvalue weighted by atomic mass is 10.2. The Labute approximate surface area is 148 Å². The van der Waals surface area contributed by atoms with Gasteiger partial charge in [-0.15, -0.1) is 0 Å². The van der Waals surface area contributed by atoms with Gasteiger partial charge in [0.05, 0.1) is 23.3 Å². The topological polar surface area (TPSA) is 64.4 Å². The number of ether oxygens (including phenoxy) is 1. The van der Waals surface area contributed by atoms with Crippen LogP contribution in [0.4, 0.5) is 0 Å². The SMILES string of the molecule is O=C(NCc1ccno1)c1ccccc1Oc1ccc(Cl)cc1Cl. The van der Waals surface area contributed by atoms with E-state index >= 15 is 0 Å². The first-order valence-corrected chi connectivity index (χ1v) is 7.79. The highest BCUT2D eigenvalue weighted by atomic mass is 35.5. The van der Waals surface area contributed by atoms with E-state index in [0.717, 1.165) is 0 Å². The lowest BCUT2D eigenvalue weighted by Crippen LogP contribution is -2.23. The predicted octanol–water partition coefficient (Wildman–Crippen LogP) is 4.70. The molecule has 1 aromatic heterocycles.